The lowest BCUT2D eigenvalue weighted by Gasteiger charge is -2.12. The van der Waals surface area contributed by atoms with Crippen LogP contribution in [0.2, 0.25) is 0 Å². The first-order valence-corrected chi connectivity index (χ1v) is 10.1. The van der Waals surface area contributed by atoms with Crippen molar-refractivity contribution in [2.45, 2.75) is 6.54 Å². The van der Waals surface area contributed by atoms with Gasteiger partial charge >= 0.3 is 0 Å². The molecule has 124 valence electrons. The van der Waals surface area contributed by atoms with Crippen LogP contribution in [-0.2, 0) is 16.6 Å². The molecule has 1 aromatic rings. The van der Waals surface area contributed by atoms with Gasteiger partial charge in [-0.2, -0.15) is 11.8 Å². The molecule has 0 aromatic heterocycles. The van der Waals surface area contributed by atoms with E-state index in [1.165, 1.54) is 0 Å². The summed E-state index contributed by atoms with van der Waals surface area (Å²) in [6.07, 6.45) is 2.03. The van der Waals surface area contributed by atoms with Crippen molar-refractivity contribution in [3.05, 3.63) is 35.9 Å². The molecule has 1 aromatic carbocycles. The van der Waals surface area contributed by atoms with Crippen molar-refractivity contribution in [2.24, 2.45) is 4.99 Å². The zero-order valence-corrected chi connectivity index (χ0v) is 14.6. The minimum atomic E-state index is -3.31. The van der Waals surface area contributed by atoms with E-state index in [0.717, 1.165) is 17.9 Å². The number of guanidine groups is 1. The van der Waals surface area contributed by atoms with Gasteiger partial charge in [-0.1, -0.05) is 30.3 Å². The number of nitrogens with zero attached hydrogens (tertiary/aromatic N) is 1. The van der Waals surface area contributed by atoms with Gasteiger partial charge in [0, 0.05) is 32.4 Å². The number of hydrogen-bond donors (Lipinski definition) is 3. The van der Waals surface area contributed by atoms with Crippen LogP contribution in [0.4, 0.5) is 0 Å². The van der Waals surface area contributed by atoms with E-state index in [0.29, 0.717) is 19.0 Å². The fraction of sp³-hybridized carbons (Fsp3) is 0.500. The molecule has 0 aliphatic carbocycles. The largest absolute Gasteiger partial charge is 0.356 e. The first kappa shape index (κ1) is 18.8. The van der Waals surface area contributed by atoms with Gasteiger partial charge in [-0.3, -0.25) is 4.99 Å². The quantitative estimate of drug-likeness (QED) is 0.348. The van der Waals surface area contributed by atoms with E-state index >= 15 is 0 Å². The maximum absolute atomic E-state index is 11.9. The van der Waals surface area contributed by atoms with E-state index in [1.807, 2.05) is 36.6 Å². The third-order valence-electron chi connectivity index (χ3n) is 2.82. The van der Waals surface area contributed by atoms with E-state index in [-0.39, 0.29) is 5.75 Å². The molecule has 22 heavy (non-hydrogen) atoms. The fourth-order valence-corrected chi connectivity index (χ4v) is 2.87. The topological polar surface area (TPSA) is 82.6 Å². The van der Waals surface area contributed by atoms with Crippen molar-refractivity contribution in [2.75, 3.05) is 37.9 Å². The third kappa shape index (κ3) is 8.26. The molecule has 0 radical (unpaired) electrons. The average Bonchev–Trinajstić information content (AvgIpc) is 2.52. The van der Waals surface area contributed by atoms with Crippen molar-refractivity contribution in [1.29, 1.82) is 0 Å². The van der Waals surface area contributed by atoms with E-state index in [2.05, 4.69) is 20.3 Å². The summed E-state index contributed by atoms with van der Waals surface area (Å²) in [5, 5.41) is 6.11. The summed E-state index contributed by atoms with van der Waals surface area (Å²) >= 11 is 1.74. The smallest absolute Gasteiger partial charge is 0.213 e. The van der Waals surface area contributed by atoms with Crippen molar-refractivity contribution in [3.63, 3.8) is 0 Å². The van der Waals surface area contributed by atoms with E-state index in [9.17, 15) is 8.42 Å². The normalized spacial score (nSPS) is 12.2. The number of sulfonamides is 1. The molecule has 0 saturated heterocycles. The van der Waals surface area contributed by atoms with Gasteiger partial charge in [0.2, 0.25) is 10.0 Å². The first-order valence-electron chi connectivity index (χ1n) is 7.02. The maximum atomic E-state index is 11.9. The summed E-state index contributed by atoms with van der Waals surface area (Å²) < 4.78 is 26.4. The van der Waals surface area contributed by atoms with Crippen molar-refractivity contribution in [1.82, 2.24) is 15.4 Å². The Labute approximate surface area is 137 Å². The van der Waals surface area contributed by atoms with Crippen LogP contribution in [0.5, 0.6) is 0 Å². The highest BCUT2D eigenvalue weighted by Gasteiger charge is 2.10. The van der Waals surface area contributed by atoms with Gasteiger partial charge in [0.15, 0.2) is 5.96 Å². The minimum Gasteiger partial charge on any atom is -0.356 e. The Morgan fingerprint density at radius 3 is 2.50 bits per heavy atom. The third-order valence-corrected chi connectivity index (χ3v) is 4.76. The van der Waals surface area contributed by atoms with Gasteiger partial charge < -0.3 is 10.6 Å². The van der Waals surface area contributed by atoms with Crippen LogP contribution in [0.1, 0.15) is 5.56 Å². The van der Waals surface area contributed by atoms with Gasteiger partial charge in [-0.05, 0) is 11.8 Å². The van der Waals surface area contributed by atoms with Gasteiger partial charge in [-0.15, -0.1) is 0 Å². The maximum Gasteiger partial charge on any atom is 0.213 e. The monoisotopic (exact) mass is 344 g/mol. The Hall–Kier alpha value is -1.25. The minimum absolute atomic E-state index is 0.00304. The molecule has 0 aliphatic heterocycles. The summed E-state index contributed by atoms with van der Waals surface area (Å²) in [7, 11) is -1.64. The Kier molecular flexibility index (Phi) is 8.95. The first-order chi connectivity index (χ1) is 10.6. The highest BCUT2D eigenvalue weighted by atomic mass is 32.2. The predicted octanol–water partition coefficient (Wildman–Crippen LogP) is 0.634. The molecule has 6 nitrogen and oxygen atoms in total. The summed E-state index contributed by atoms with van der Waals surface area (Å²) in [4.78, 5) is 4.04. The molecule has 0 amide bonds. The molecule has 8 heteroatoms. The standard InChI is InChI=1S/C14H24N4O2S2/c1-15-14(16-8-10-21-2)17-9-11-22(19,20)18-12-13-6-4-3-5-7-13/h3-7,18H,8-12H2,1-2H3,(H2,15,16,17). The van der Waals surface area contributed by atoms with E-state index < -0.39 is 10.0 Å². The number of rotatable bonds is 9. The molecule has 0 bridgehead atoms. The molecule has 0 heterocycles. The summed E-state index contributed by atoms with van der Waals surface area (Å²) in [5.41, 5.74) is 0.938. The second kappa shape index (κ2) is 10.5. The average molecular weight is 345 g/mol. The van der Waals surface area contributed by atoms with Crippen molar-refractivity contribution < 1.29 is 8.42 Å². The summed E-state index contributed by atoms with van der Waals surface area (Å²) in [6.45, 7) is 1.41. The Morgan fingerprint density at radius 1 is 1.18 bits per heavy atom. The number of thioether (sulfide) groups is 1. The number of nitrogens with one attached hydrogen (secondary N) is 3. The SMILES string of the molecule is CN=C(NCCSC)NCCS(=O)(=O)NCc1ccccc1. The number of aliphatic imine (C=N–C) groups is 1. The lowest BCUT2D eigenvalue weighted by molar-refractivity contribution is 0.580. The van der Waals surface area contributed by atoms with Crippen LogP contribution >= 0.6 is 11.8 Å². The lowest BCUT2D eigenvalue weighted by Crippen LogP contribution is -2.41. The molecule has 3 N–H and O–H groups in total. The highest BCUT2D eigenvalue weighted by molar-refractivity contribution is 7.98. The zero-order chi connectivity index (χ0) is 16.3. The molecule has 0 spiro atoms. The predicted molar refractivity (Wildman–Crippen MR) is 94.8 cm³/mol. The second-order valence-corrected chi connectivity index (χ2v) is 7.46. The Bertz CT molecular complexity index is 547. The van der Waals surface area contributed by atoms with Gasteiger partial charge in [0.1, 0.15) is 0 Å². The molecular formula is C14H24N4O2S2. The van der Waals surface area contributed by atoms with E-state index in [4.69, 9.17) is 0 Å². The van der Waals surface area contributed by atoms with Crippen LogP contribution in [0.3, 0.4) is 0 Å². The summed E-state index contributed by atoms with van der Waals surface area (Å²) in [6, 6.07) is 9.44. The number of hydrogen-bond acceptors (Lipinski definition) is 4. The van der Waals surface area contributed by atoms with Crippen molar-refractivity contribution in [3.8, 4) is 0 Å². The molecular weight excluding hydrogens is 320 g/mol. The van der Waals surface area contributed by atoms with E-state index in [1.54, 1.807) is 18.8 Å². The van der Waals surface area contributed by atoms with Crippen LogP contribution in [0.25, 0.3) is 0 Å². The van der Waals surface area contributed by atoms with Gasteiger partial charge in [-0.25, -0.2) is 13.1 Å². The number of benzene rings is 1. The van der Waals surface area contributed by atoms with Crippen LogP contribution in [-0.4, -0.2) is 52.3 Å². The van der Waals surface area contributed by atoms with Crippen LogP contribution in [0, 0.1) is 0 Å². The molecule has 1 rings (SSSR count). The Morgan fingerprint density at radius 2 is 1.86 bits per heavy atom. The van der Waals surface area contributed by atoms with Crippen LogP contribution < -0.4 is 15.4 Å². The molecule has 0 aliphatic rings. The van der Waals surface area contributed by atoms with Crippen molar-refractivity contribution >= 4 is 27.7 Å². The lowest BCUT2D eigenvalue weighted by atomic mass is 10.2. The summed E-state index contributed by atoms with van der Waals surface area (Å²) in [5.74, 6) is 1.59. The van der Waals surface area contributed by atoms with Gasteiger partial charge in [0.05, 0.1) is 5.75 Å². The zero-order valence-electron chi connectivity index (χ0n) is 13.0. The highest BCUT2D eigenvalue weighted by Crippen LogP contribution is 1.98. The molecule has 0 unspecified atom stereocenters. The van der Waals surface area contributed by atoms with Crippen LogP contribution in [0.15, 0.2) is 35.3 Å². The molecule has 0 fully saturated rings. The Balaban J connectivity index is 2.30. The second-order valence-electron chi connectivity index (χ2n) is 4.54. The fourth-order valence-electron chi connectivity index (χ4n) is 1.66. The molecule has 0 atom stereocenters. The van der Waals surface area contributed by atoms with Gasteiger partial charge in [0.25, 0.3) is 0 Å². The molecule has 0 saturated carbocycles.